The Balaban J connectivity index is 2.18. The summed E-state index contributed by atoms with van der Waals surface area (Å²) in [6, 6.07) is 16.5. The number of aryl methyl sites for hydroxylation is 1. The van der Waals surface area contributed by atoms with Gasteiger partial charge in [0, 0.05) is 17.1 Å². The molecule has 3 rings (SSSR count). The Bertz CT molecular complexity index is 833. The first-order valence-electron chi connectivity index (χ1n) is 7.90. The molecule has 1 unspecified atom stereocenters. The highest BCUT2D eigenvalue weighted by atomic mass is 16.5. The number of methoxy groups -OCH3 is 1. The lowest BCUT2D eigenvalue weighted by atomic mass is 10.0. The molecule has 0 radical (unpaired) electrons. The second-order valence-electron chi connectivity index (χ2n) is 5.78. The molecule has 2 aromatic carbocycles. The van der Waals surface area contributed by atoms with Crippen LogP contribution in [0.4, 0.5) is 0 Å². The Labute approximate surface area is 136 Å². The van der Waals surface area contributed by atoms with Crippen LogP contribution < -0.4 is 0 Å². The SMILES string of the molecule is CCC(c1ccccc1)n1cc(C)c2ccc(C(=O)OC)cc21. The van der Waals surface area contributed by atoms with E-state index in [4.69, 9.17) is 4.74 Å². The second kappa shape index (κ2) is 6.29. The molecular formula is C20H21NO2. The summed E-state index contributed by atoms with van der Waals surface area (Å²) < 4.78 is 7.13. The summed E-state index contributed by atoms with van der Waals surface area (Å²) in [4.78, 5) is 11.9. The van der Waals surface area contributed by atoms with E-state index in [-0.39, 0.29) is 12.0 Å². The minimum absolute atomic E-state index is 0.250. The molecule has 1 aromatic heterocycles. The van der Waals surface area contributed by atoms with Gasteiger partial charge in [-0.2, -0.15) is 0 Å². The van der Waals surface area contributed by atoms with E-state index >= 15 is 0 Å². The molecule has 0 aliphatic rings. The van der Waals surface area contributed by atoms with E-state index in [0.29, 0.717) is 5.56 Å². The lowest BCUT2D eigenvalue weighted by molar-refractivity contribution is 0.0601. The topological polar surface area (TPSA) is 31.2 Å². The van der Waals surface area contributed by atoms with Crippen molar-refractivity contribution >= 4 is 16.9 Å². The molecule has 0 aliphatic heterocycles. The maximum absolute atomic E-state index is 11.9. The van der Waals surface area contributed by atoms with Crippen molar-refractivity contribution in [2.45, 2.75) is 26.3 Å². The van der Waals surface area contributed by atoms with E-state index in [1.807, 2.05) is 24.3 Å². The predicted molar refractivity (Wildman–Crippen MR) is 92.9 cm³/mol. The van der Waals surface area contributed by atoms with Crippen LogP contribution in [0.25, 0.3) is 10.9 Å². The summed E-state index contributed by atoms with van der Waals surface area (Å²) in [5.74, 6) is -0.301. The van der Waals surface area contributed by atoms with E-state index in [1.54, 1.807) is 0 Å². The molecule has 3 aromatic rings. The molecule has 0 saturated heterocycles. The van der Waals surface area contributed by atoms with Crippen molar-refractivity contribution in [1.29, 1.82) is 0 Å². The number of carbonyl (C=O) groups excluding carboxylic acids is 1. The van der Waals surface area contributed by atoms with Crippen LogP contribution in [0.5, 0.6) is 0 Å². The van der Waals surface area contributed by atoms with Gasteiger partial charge in [-0.25, -0.2) is 4.79 Å². The van der Waals surface area contributed by atoms with E-state index in [9.17, 15) is 4.79 Å². The molecule has 23 heavy (non-hydrogen) atoms. The zero-order valence-electron chi connectivity index (χ0n) is 13.7. The first-order valence-corrected chi connectivity index (χ1v) is 7.90. The molecule has 0 bridgehead atoms. The molecular weight excluding hydrogens is 286 g/mol. The maximum Gasteiger partial charge on any atom is 0.337 e. The highest BCUT2D eigenvalue weighted by Crippen LogP contribution is 2.30. The van der Waals surface area contributed by atoms with Crippen molar-refractivity contribution in [2.75, 3.05) is 7.11 Å². The fourth-order valence-corrected chi connectivity index (χ4v) is 3.20. The molecule has 3 heteroatoms. The average Bonchev–Trinajstić information content (AvgIpc) is 2.92. The van der Waals surface area contributed by atoms with Crippen LogP contribution in [0.15, 0.2) is 54.7 Å². The molecule has 0 saturated carbocycles. The number of benzene rings is 2. The second-order valence-corrected chi connectivity index (χ2v) is 5.78. The van der Waals surface area contributed by atoms with Gasteiger partial charge in [0.15, 0.2) is 0 Å². The molecule has 0 amide bonds. The molecule has 1 atom stereocenters. The zero-order valence-corrected chi connectivity index (χ0v) is 13.7. The lowest BCUT2D eigenvalue weighted by Gasteiger charge is -2.19. The van der Waals surface area contributed by atoms with Crippen molar-refractivity contribution in [3.8, 4) is 0 Å². The fraction of sp³-hybridized carbons (Fsp3) is 0.250. The molecule has 1 heterocycles. The number of carbonyl (C=O) groups is 1. The lowest BCUT2D eigenvalue weighted by Crippen LogP contribution is -2.09. The van der Waals surface area contributed by atoms with Gasteiger partial charge < -0.3 is 9.30 Å². The Kier molecular flexibility index (Phi) is 4.20. The molecule has 0 spiro atoms. The Hall–Kier alpha value is -2.55. The third-order valence-electron chi connectivity index (χ3n) is 4.36. The number of esters is 1. The molecule has 0 aliphatic carbocycles. The number of rotatable bonds is 4. The summed E-state index contributed by atoms with van der Waals surface area (Å²) in [5, 5.41) is 1.17. The number of nitrogens with zero attached hydrogens (tertiary/aromatic N) is 1. The molecule has 118 valence electrons. The van der Waals surface area contributed by atoms with Crippen molar-refractivity contribution < 1.29 is 9.53 Å². The first kappa shape index (κ1) is 15.3. The largest absolute Gasteiger partial charge is 0.465 e. The van der Waals surface area contributed by atoms with E-state index in [0.717, 1.165) is 11.9 Å². The normalized spacial score (nSPS) is 12.3. The minimum Gasteiger partial charge on any atom is -0.465 e. The van der Waals surface area contributed by atoms with Gasteiger partial charge in [-0.1, -0.05) is 43.3 Å². The average molecular weight is 307 g/mol. The number of aromatic nitrogens is 1. The quantitative estimate of drug-likeness (QED) is 0.652. The Morgan fingerprint density at radius 1 is 1.17 bits per heavy atom. The minimum atomic E-state index is -0.301. The van der Waals surface area contributed by atoms with E-state index in [2.05, 4.69) is 48.9 Å². The van der Waals surface area contributed by atoms with Gasteiger partial charge in [-0.05, 0) is 36.6 Å². The van der Waals surface area contributed by atoms with Gasteiger partial charge in [0.1, 0.15) is 0 Å². The van der Waals surface area contributed by atoms with E-state index < -0.39 is 0 Å². The summed E-state index contributed by atoms with van der Waals surface area (Å²) in [6.45, 7) is 4.29. The summed E-state index contributed by atoms with van der Waals surface area (Å²) in [7, 11) is 1.41. The van der Waals surface area contributed by atoms with Crippen molar-refractivity contribution in [3.05, 3.63) is 71.4 Å². The Morgan fingerprint density at radius 3 is 2.57 bits per heavy atom. The molecule has 0 N–H and O–H groups in total. The highest BCUT2D eigenvalue weighted by molar-refractivity contribution is 5.95. The maximum atomic E-state index is 11.9. The zero-order chi connectivity index (χ0) is 16.4. The summed E-state index contributed by atoms with van der Waals surface area (Å²) in [6.07, 6.45) is 3.16. The third-order valence-corrected chi connectivity index (χ3v) is 4.36. The van der Waals surface area contributed by atoms with Crippen molar-refractivity contribution in [2.24, 2.45) is 0 Å². The molecule has 3 nitrogen and oxygen atoms in total. The predicted octanol–water partition coefficient (Wildman–Crippen LogP) is 4.74. The highest BCUT2D eigenvalue weighted by Gasteiger charge is 2.17. The van der Waals surface area contributed by atoms with Gasteiger partial charge in [0.25, 0.3) is 0 Å². The fourth-order valence-electron chi connectivity index (χ4n) is 3.20. The van der Waals surface area contributed by atoms with Crippen molar-refractivity contribution in [1.82, 2.24) is 4.57 Å². The number of hydrogen-bond acceptors (Lipinski definition) is 2. The van der Waals surface area contributed by atoms with Crippen LogP contribution in [0.2, 0.25) is 0 Å². The van der Waals surface area contributed by atoms with Gasteiger partial charge in [-0.15, -0.1) is 0 Å². The van der Waals surface area contributed by atoms with Crippen molar-refractivity contribution in [3.63, 3.8) is 0 Å². The molecule has 0 fully saturated rings. The van der Waals surface area contributed by atoms with Gasteiger partial charge >= 0.3 is 5.97 Å². The van der Waals surface area contributed by atoms with Crippen LogP contribution in [0.3, 0.4) is 0 Å². The smallest absolute Gasteiger partial charge is 0.337 e. The monoisotopic (exact) mass is 307 g/mol. The van der Waals surface area contributed by atoms with Crippen LogP contribution >= 0.6 is 0 Å². The number of hydrogen-bond donors (Lipinski definition) is 0. The first-order chi connectivity index (χ1) is 11.2. The number of ether oxygens (including phenoxy) is 1. The van der Waals surface area contributed by atoms with Gasteiger partial charge in [-0.3, -0.25) is 0 Å². The van der Waals surface area contributed by atoms with Crippen LogP contribution in [-0.2, 0) is 4.74 Å². The number of fused-ring (bicyclic) bond motifs is 1. The summed E-state index contributed by atoms with van der Waals surface area (Å²) >= 11 is 0. The Morgan fingerprint density at radius 2 is 1.91 bits per heavy atom. The van der Waals surface area contributed by atoms with Crippen LogP contribution in [0.1, 0.15) is 40.9 Å². The van der Waals surface area contributed by atoms with Gasteiger partial charge in [0.2, 0.25) is 0 Å². The summed E-state index contributed by atoms with van der Waals surface area (Å²) in [5.41, 5.74) is 4.14. The van der Waals surface area contributed by atoms with Crippen LogP contribution in [-0.4, -0.2) is 17.6 Å². The third kappa shape index (κ3) is 2.74. The standard InChI is InChI=1S/C20H21NO2/c1-4-18(15-8-6-5-7-9-15)21-13-14(2)17-11-10-16(12-19(17)21)20(22)23-3/h5-13,18H,4H2,1-3H3. The van der Waals surface area contributed by atoms with Crippen LogP contribution in [0, 0.1) is 6.92 Å². The van der Waals surface area contributed by atoms with Gasteiger partial charge in [0.05, 0.1) is 18.7 Å². The van der Waals surface area contributed by atoms with E-state index in [1.165, 1.54) is 23.6 Å².